The molecule has 2 aromatic rings. The molecule has 0 bridgehead atoms. The largest absolute Gasteiger partial charge is 0.416 e. The summed E-state index contributed by atoms with van der Waals surface area (Å²) in [6, 6.07) is 9.75. The third-order valence-electron chi connectivity index (χ3n) is 3.11. The molecule has 0 aliphatic rings. The predicted molar refractivity (Wildman–Crippen MR) is 78.6 cm³/mol. The van der Waals surface area contributed by atoms with Crippen molar-refractivity contribution in [1.82, 2.24) is 5.32 Å². The van der Waals surface area contributed by atoms with Gasteiger partial charge in [-0.3, -0.25) is 0 Å². The van der Waals surface area contributed by atoms with Crippen molar-refractivity contribution in [3.8, 4) is 0 Å². The molecule has 0 aliphatic heterocycles. The average molecular weight is 326 g/mol. The van der Waals surface area contributed by atoms with Gasteiger partial charge in [0.05, 0.1) is 5.56 Å². The first-order valence-corrected chi connectivity index (χ1v) is 6.82. The molecule has 0 aliphatic carbocycles. The van der Waals surface area contributed by atoms with E-state index in [9.17, 15) is 22.4 Å². The summed E-state index contributed by atoms with van der Waals surface area (Å²) in [7, 11) is 0. The minimum atomic E-state index is -4.42. The molecular weight excluding hydrogens is 312 g/mol. The van der Waals surface area contributed by atoms with Crippen molar-refractivity contribution in [1.29, 1.82) is 0 Å². The zero-order chi connectivity index (χ0) is 16.9. The maximum atomic E-state index is 13.4. The highest BCUT2D eigenvalue weighted by Crippen LogP contribution is 2.29. The van der Waals surface area contributed by atoms with Gasteiger partial charge in [0.25, 0.3) is 0 Å². The standard InChI is InChI=1S/C16H14F4N2O/c17-14-4-2-1-3-11(14)9-10-21-15(23)22-13-7-5-12(6-8-13)16(18,19)20/h1-8H,9-10H2,(H2,21,22,23). The number of anilines is 1. The number of hydrogen-bond acceptors (Lipinski definition) is 1. The number of urea groups is 1. The van der Waals surface area contributed by atoms with E-state index in [4.69, 9.17) is 0 Å². The van der Waals surface area contributed by atoms with Crippen molar-refractivity contribution in [2.75, 3.05) is 11.9 Å². The molecule has 2 aromatic carbocycles. The van der Waals surface area contributed by atoms with Crippen molar-refractivity contribution in [3.05, 3.63) is 65.5 Å². The molecule has 0 aromatic heterocycles. The average Bonchev–Trinajstić information content (AvgIpc) is 2.49. The second-order valence-corrected chi connectivity index (χ2v) is 4.80. The molecule has 0 fully saturated rings. The topological polar surface area (TPSA) is 41.1 Å². The van der Waals surface area contributed by atoms with Crippen LogP contribution in [0.3, 0.4) is 0 Å². The maximum Gasteiger partial charge on any atom is 0.416 e. The first kappa shape index (κ1) is 16.8. The number of halogens is 4. The lowest BCUT2D eigenvalue weighted by atomic mass is 10.1. The second-order valence-electron chi connectivity index (χ2n) is 4.80. The summed E-state index contributed by atoms with van der Waals surface area (Å²) < 4.78 is 50.6. The Morgan fingerprint density at radius 1 is 1.00 bits per heavy atom. The number of nitrogens with one attached hydrogen (secondary N) is 2. The molecule has 0 saturated heterocycles. The maximum absolute atomic E-state index is 13.4. The highest BCUT2D eigenvalue weighted by molar-refractivity contribution is 5.89. The Labute approximate surface area is 130 Å². The lowest BCUT2D eigenvalue weighted by Gasteiger charge is -2.10. The van der Waals surface area contributed by atoms with Crippen LogP contribution < -0.4 is 10.6 Å². The van der Waals surface area contributed by atoms with Crippen LogP contribution in [-0.4, -0.2) is 12.6 Å². The summed E-state index contributed by atoms with van der Waals surface area (Å²) in [4.78, 5) is 11.6. The lowest BCUT2D eigenvalue weighted by molar-refractivity contribution is -0.137. The molecule has 0 saturated carbocycles. The SMILES string of the molecule is O=C(NCCc1ccccc1F)Nc1ccc(C(F)(F)F)cc1. The molecule has 7 heteroatoms. The summed E-state index contributed by atoms with van der Waals surface area (Å²) >= 11 is 0. The molecule has 0 heterocycles. The van der Waals surface area contributed by atoms with Crippen LogP contribution in [-0.2, 0) is 12.6 Å². The summed E-state index contributed by atoms with van der Waals surface area (Å²) in [5.74, 6) is -0.350. The number of benzene rings is 2. The number of carbonyl (C=O) groups excluding carboxylic acids is 1. The van der Waals surface area contributed by atoms with Gasteiger partial charge in [0.15, 0.2) is 0 Å². The molecule has 0 spiro atoms. The normalized spacial score (nSPS) is 11.1. The Bertz CT molecular complexity index is 669. The first-order chi connectivity index (χ1) is 10.9. The molecule has 0 unspecified atom stereocenters. The highest BCUT2D eigenvalue weighted by atomic mass is 19.4. The van der Waals surface area contributed by atoms with Crippen LogP contribution in [0.25, 0.3) is 0 Å². The fourth-order valence-corrected chi connectivity index (χ4v) is 1.93. The van der Waals surface area contributed by atoms with E-state index >= 15 is 0 Å². The zero-order valence-corrected chi connectivity index (χ0v) is 12.0. The van der Waals surface area contributed by atoms with E-state index in [2.05, 4.69) is 10.6 Å². The van der Waals surface area contributed by atoms with Gasteiger partial charge in [-0.05, 0) is 42.3 Å². The van der Waals surface area contributed by atoms with Crippen LogP contribution in [0.4, 0.5) is 28.0 Å². The van der Waals surface area contributed by atoms with Gasteiger partial charge >= 0.3 is 12.2 Å². The minimum Gasteiger partial charge on any atom is -0.338 e. The summed E-state index contributed by atoms with van der Waals surface area (Å²) in [6.45, 7) is 0.202. The van der Waals surface area contributed by atoms with Gasteiger partial charge in [-0.25, -0.2) is 9.18 Å². The highest BCUT2D eigenvalue weighted by Gasteiger charge is 2.29. The van der Waals surface area contributed by atoms with Crippen LogP contribution in [0.1, 0.15) is 11.1 Å². The van der Waals surface area contributed by atoms with Crippen molar-refractivity contribution < 1.29 is 22.4 Å². The number of carbonyl (C=O) groups is 1. The van der Waals surface area contributed by atoms with Gasteiger partial charge < -0.3 is 10.6 Å². The van der Waals surface area contributed by atoms with Crippen LogP contribution in [0.2, 0.25) is 0 Å². The Balaban J connectivity index is 1.82. The molecule has 2 N–H and O–H groups in total. The van der Waals surface area contributed by atoms with Crippen molar-refractivity contribution in [2.45, 2.75) is 12.6 Å². The second kappa shape index (κ2) is 7.13. The molecular formula is C16H14F4N2O. The van der Waals surface area contributed by atoms with Crippen LogP contribution in [0, 0.1) is 5.82 Å². The van der Waals surface area contributed by atoms with E-state index in [1.165, 1.54) is 18.2 Å². The minimum absolute atomic E-state index is 0.202. The number of amides is 2. The van der Waals surface area contributed by atoms with Crippen molar-refractivity contribution >= 4 is 11.7 Å². The lowest BCUT2D eigenvalue weighted by Crippen LogP contribution is -2.30. The van der Waals surface area contributed by atoms with E-state index < -0.39 is 17.8 Å². The fraction of sp³-hybridized carbons (Fsp3) is 0.188. The molecule has 23 heavy (non-hydrogen) atoms. The van der Waals surface area contributed by atoms with Crippen molar-refractivity contribution in [2.24, 2.45) is 0 Å². The quantitative estimate of drug-likeness (QED) is 0.812. The van der Waals surface area contributed by atoms with E-state index in [1.54, 1.807) is 18.2 Å². The van der Waals surface area contributed by atoms with E-state index in [0.29, 0.717) is 12.0 Å². The summed E-state index contributed by atoms with van der Waals surface area (Å²) in [6.07, 6.45) is -4.10. The van der Waals surface area contributed by atoms with Gasteiger partial charge in [-0.1, -0.05) is 18.2 Å². The summed E-state index contributed by atoms with van der Waals surface area (Å²) in [5.41, 5.74) is -0.0771. The molecule has 0 atom stereocenters. The number of hydrogen-bond donors (Lipinski definition) is 2. The van der Waals surface area contributed by atoms with Gasteiger partial charge in [0.2, 0.25) is 0 Å². The van der Waals surface area contributed by atoms with E-state index in [-0.39, 0.29) is 18.0 Å². The van der Waals surface area contributed by atoms with Gasteiger partial charge in [0, 0.05) is 12.2 Å². The molecule has 122 valence electrons. The molecule has 3 nitrogen and oxygen atoms in total. The number of rotatable bonds is 4. The van der Waals surface area contributed by atoms with Gasteiger partial charge in [-0.2, -0.15) is 13.2 Å². The van der Waals surface area contributed by atoms with Crippen LogP contribution in [0.5, 0.6) is 0 Å². The smallest absolute Gasteiger partial charge is 0.338 e. The van der Waals surface area contributed by atoms with E-state index in [0.717, 1.165) is 12.1 Å². The van der Waals surface area contributed by atoms with Gasteiger partial charge in [-0.15, -0.1) is 0 Å². The zero-order valence-electron chi connectivity index (χ0n) is 12.0. The molecule has 2 amide bonds. The summed E-state index contributed by atoms with van der Waals surface area (Å²) in [5, 5.41) is 4.92. The predicted octanol–water partition coefficient (Wildman–Crippen LogP) is 4.21. The van der Waals surface area contributed by atoms with E-state index in [1.807, 2.05) is 0 Å². The van der Waals surface area contributed by atoms with Crippen molar-refractivity contribution in [3.63, 3.8) is 0 Å². The Hall–Kier alpha value is -2.57. The molecule has 0 radical (unpaired) electrons. The molecule has 2 rings (SSSR count). The fourth-order valence-electron chi connectivity index (χ4n) is 1.93. The Morgan fingerprint density at radius 2 is 1.65 bits per heavy atom. The Kier molecular flexibility index (Phi) is 5.20. The number of alkyl halides is 3. The monoisotopic (exact) mass is 326 g/mol. The Morgan fingerprint density at radius 3 is 2.26 bits per heavy atom. The van der Waals surface area contributed by atoms with Gasteiger partial charge in [0.1, 0.15) is 5.82 Å². The van der Waals surface area contributed by atoms with Crippen LogP contribution in [0.15, 0.2) is 48.5 Å². The first-order valence-electron chi connectivity index (χ1n) is 6.82. The third-order valence-corrected chi connectivity index (χ3v) is 3.11. The third kappa shape index (κ3) is 4.98. The van der Waals surface area contributed by atoms with Crippen LogP contribution >= 0.6 is 0 Å².